The van der Waals surface area contributed by atoms with E-state index >= 15 is 0 Å². The average Bonchev–Trinajstić information content (AvgIpc) is 2.16. The number of halogens is 3. The molecule has 16 heavy (non-hydrogen) atoms. The van der Waals surface area contributed by atoms with Crippen LogP contribution in [0.15, 0.2) is 18.2 Å². The molecule has 0 saturated carbocycles. The standard InChI is InChI=1S/C10H10F3NO2/c1-14-5-6-2-3-7(10(11,12)13)4-8(6)9(15)16/h2-4,14H,5H2,1H3,(H,15,16). The molecule has 1 aromatic carbocycles. The number of carboxylic acid groups (broad SMARTS) is 1. The summed E-state index contributed by atoms with van der Waals surface area (Å²) in [4.78, 5) is 10.8. The number of hydrogen-bond donors (Lipinski definition) is 2. The Kier molecular flexibility index (Phi) is 3.54. The molecule has 0 amide bonds. The SMILES string of the molecule is CNCc1ccc(C(F)(F)F)cc1C(=O)O. The second-order valence-electron chi connectivity index (χ2n) is 3.21. The number of alkyl halides is 3. The van der Waals surface area contributed by atoms with Crippen molar-refractivity contribution in [2.75, 3.05) is 7.05 Å². The minimum absolute atomic E-state index is 0.208. The number of hydrogen-bond acceptors (Lipinski definition) is 2. The van der Waals surface area contributed by atoms with Gasteiger partial charge in [-0.2, -0.15) is 13.2 Å². The van der Waals surface area contributed by atoms with E-state index in [2.05, 4.69) is 5.32 Å². The predicted molar refractivity (Wildman–Crippen MR) is 51.2 cm³/mol. The summed E-state index contributed by atoms with van der Waals surface area (Å²) < 4.78 is 37.0. The smallest absolute Gasteiger partial charge is 0.416 e. The number of benzene rings is 1. The van der Waals surface area contributed by atoms with Gasteiger partial charge in [0, 0.05) is 6.54 Å². The minimum Gasteiger partial charge on any atom is -0.478 e. The maximum atomic E-state index is 12.3. The zero-order valence-electron chi connectivity index (χ0n) is 8.43. The van der Waals surface area contributed by atoms with E-state index in [0.717, 1.165) is 6.07 Å². The van der Waals surface area contributed by atoms with Crippen molar-refractivity contribution in [3.63, 3.8) is 0 Å². The molecule has 0 fully saturated rings. The van der Waals surface area contributed by atoms with Gasteiger partial charge < -0.3 is 10.4 Å². The van der Waals surface area contributed by atoms with Crippen LogP contribution in [0, 0.1) is 0 Å². The van der Waals surface area contributed by atoms with Crippen LogP contribution < -0.4 is 5.32 Å². The maximum absolute atomic E-state index is 12.3. The molecule has 3 nitrogen and oxygen atoms in total. The minimum atomic E-state index is -4.53. The summed E-state index contributed by atoms with van der Waals surface area (Å²) in [7, 11) is 1.59. The third-order valence-corrected chi connectivity index (χ3v) is 2.03. The summed E-state index contributed by atoms with van der Waals surface area (Å²) in [6.45, 7) is 0.208. The second-order valence-corrected chi connectivity index (χ2v) is 3.21. The molecule has 1 rings (SSSR count). The fourth-order valence-corrected chi connectivity index (χ4v) is 1.30. The summed E-state index contributed by atoms with van der Waals surface area (Å²) in [5, 5.41) is 11.5. The zero-order chi connectivity index (χ0) is 12.3. The van der Waals surface area contributed by atoms with Crippen molar-refractivity contribution in [2.24, 2.45) is 0 Å². The van der Waals surface area contributed by atoms with Crippen LogP contribution in [0.25, 0.3) is 0 Å². The monoisotopic (exact) mass is 233 g/mol. The number of carboxylic acids is 1. The molecule has 0 unspecified atom stereocenters. The second kappa shape index (κ2) is 4.52. The van der Waals surface area contributed by atoms with Crippen molar-refractivity contribution in [1.82, 2.24) is 5.32 Å². The molecule has 0 aromatic heterocycles. The van der Waals surface area contributed by atoms with Gasteiger partial charge in [0.15, 0.2) is 0 Å². The Labute approximate surface area is 89.9 Å². The van der Waals surface area contributed by atoms with E-state index in [0.29, 0.717) is 11.6 Å². The molecular formula is C10H10F3NO2. The maximum Gasteiger partial charge on any atom is 0.416 e. The first kappa shape index (κ1) is 12.5. The lowest BCUT2D eigenvalue weighted by molar-refractivity contribution is -0.137. The van der Waals surface area contributed by atoms with Gasteiger partial charge in [0.1, 0.15) is 0 Å². The van der Waals surface area contributed by atoms with Crippen LogP contribution in [0.5, 0.6) is 0 Å². The van der Waals surface area contributed by atoms with Gasteiger partial charge in [-0.1, -0.05) is 6.07 Å². The fourth-order valence-electron chi connectivity index (χ4n) is 1.30. The average molecular weight is 233 g/mol. The topological polar surface area (TPSA) is 49.3 Å². The molecule has 0 atom stereocenters. The molecule has 0 bridgehead atoms. The molecule has 0 aliphatic heterocycles. The van der Waals surface area contributed by atoms with Gasteiger partial charge in [-0.05, 0) is 24.7 Å². The van der Waals surface area contributed by atoms with Gasteiger partial charge in [0.2, 0.25) is 0 Å². The highest BCUT2D eigenvalue weighted by molar-refractivity contribution is 5.89. The lowest BCUT2D eigenvalue weighted by Gasteiger charge is -2.10. The third kappa shape index (κ3) is 2.73. The zero-order valence-corrected chi connectivity index (χ0v) is 8.43. The Balaban J connectivity index is 3.23. The highest BCUT2D eigenvalue weighted by atomic mass is 19.4. The first-order valence-corrected chi connectivity index (χ1v) is 4.44. The van der Waals surface area contributed by atoms with E-state index < -0.39 is 17.7 Å². The first-order valence-electron chi connectivity index (χ1n) is 4.44. The molecule has 1 aromatic rings. The summed E-state index contributed by atoms with van der Waals surface area (Å²) in [5.74, 6) is -1.36. The summed E-state index contributed by atoms with van der Waals surface area (Å²) >= 11 is 0. The Morgan fingerprint density at radius 3 is 2.50 bits per heavy atom. The molecule has 6 heteroatoms. The number of carbonyl (C=O) groups is 1. The molecule has 0 radical (unpaired) electrons. The highest BCUT2D eigenvalue weighted by Gasteiger charge is 2.31. The summed E-state index contributed by atoms with van der Waals surface area (Å²) in [6.07, 6.45) is -4.53. The van der Waals surface area contributed by atoms with E-state index in [1.807, 2.05) is 0 Å². The van der Waals surface area contributed by atoms with Crippen molar-refractivity contribution < 1.29 is 23.1 Å². The fraction of sp³-hybridized carbons (Fsp3) is 0.300. The number of aromatic carboxylic acids is 1. The van der Waals surface area contributed by atoms with Gasteiger partial charge in [-0.15, -0.1) is 0 Å². The van der Waals surface area contributed by atoms with E-state index in [1.165, 1.54) is 6.07 Å². The summed E-state index contributed by atoms with van der Waals surface area (Å²) in [5.41, 5.74) is -0.961. The van der Waals surface area contributed by atoms with E-state index in [4.69, 9.17) is 5.11 Å². The Bertz CT molecular complexity index is 402. The van der Waals surface area contributed by atoms with Gasteiger partial charge in [0.05, 0.1) is 11.1 Å². The van der Waals surface area contributed by atoms with Crippen LogP contribution >= 0.6 is 0 Å². The van der Waals surface area contributed by atoms with Crippen LogP contribution in [0.3, 0.4) is 0 Å². The van der Waals surface area contributed by atoms with Gasteiger partial charge in [-0.25, -0.2) is 4.79 Å². The predicted octanol–water partition coefficient (Wildman–Crippen LogP) is 2.12. The summed E-state index contributed by atoms with van der Waals surface area (Å²) in [6, 6.07) is 2.69. The van der Waals surface area contributed by atoms with Crippen LogP contribution in [0.4, 0.5) is 13.2 Å². The largest absolute Gasteiger partial charge is 0.478 e. The van der Waals surface area contributed by atoms with Crippen molar-refractivity contribution in [1.29, 1.82) is 0 Å². The van der Waals surface area contributed by atoms with Crippen molar-refractivity contribution in [2.45, 2.75) is 12.7 Å². The third-order valence-electron chi connectivity index (χ3n) is 2.03. The van der Waals surface area contributed by atoms with Crippen LogP contribution in [0.2, 0.25) is 0 Å². The number of rotatable bonds is 3. The van der Waals surface area contributed by atoms with Crippen molar-refractivity contribution in [3.05, 3.63) is 34.9 Å². The van der Waals surface area contributed by atoms with Gasteiger partial charge in [-0.3, -0.25) is 0 Å². The normalized spacial score (nSPS) is 11.5. The van der Waals surface area contributed by atoms with Gasteiger partial charge in [0.25, 0.3) is 0 Å². The lowest BCUT2D eigenvalue weighted by atomic mass is 10.0. The van der Waals surface area contributed by atoms with Crippen LogP contribution in [-0.4, -0.2) is 18.1 Å². The van der Waals surface area contributed by atoms with Crippen LogP contribution in [-0.2, 0) is 12.7 Å². The quantitative estimate of drug-likeness (QED) is 0.840. The Morgan fingerprint density at radius 2 is 2.06 bits per heavy atom. The Hall–Kier alpha value is -1.56. The first-order chi connectivity index (χ1) is 7.36. The molecule has 0 spiro atoms. The van der Waals surface area contributed by atoms with Crippen LogP contribution in [0.1, 0.15) is 21.5 Å². The van der Waals surface area contributed by atoms with E-state index in [1.54, 1.807) is 7.05 Å². The molecule has 88 valence electrons. The van der Waals surface area contributed by atoms with Crippen molar-refractivity contribution in [3.8, 4) is 0 Å². The molecule has 0 aliphatic carbocycles. The molecule has 0 aliphatic rings. The molecule has 0 saturated heterocycles. The molecule has 2 N–H and O–H groups in total. The van der Waals surface area contributed by atoms with E-state index in [-0.39, 0.29) is 12.1 Å². The van der Waals surface area contributed by atoms with Gasteiger partial charge >= 0.3 is 12.1 Å². The van der Waals surface area contributed by atoms with E-state index in [9.17, 15) is 18.0 Å². The lowest BCUT2D eigenvalue weighted by Crippen LogP contribution is -2.13. The highest BCUT2D eigenvalue weighted by Crippen LogP contribution is 2.30. The van der Waals surface area contributed by atoms with Crippen molar-refractivity contribution >= 4 is 5.97 Å². The Morgan fingerprint density at radius 1 is 1.44 bits per heavy atom. The number of nitrogens with one attached hydrogen (secondary N) is 1. The molecular weight excluding hydrogens is 223 g/mol. The molecule has 0 heterocycles.